The number of benzene rings is 3. The Labute approximate surface area is 204 Å². The van der Waals surface area contributed by atoms with Crippen molar-refractivity contribution < 1.29 is 17.6 Å². The van der Waals surface area contributed by atoms with Gasteiger partial charge in [-0.3, -0.25) is 4.79 Å². The molecule has 1 unspecified atom stereocenters. The van der Waals surface area contributed by atoms with Crippen LogP contribution in [0.3, 0.4) is 0 Å². The third kappa shape index (κ3) is 4.55. The molecule has 3 aromatic carbocycles. The minimum Gasteiger partial charge on any atom is -0.308 e. The smallest absolute Gasteiger partial charge is 0.245 e. The molecule has 3 aromatic rings. The number of nitrogens with one attached hydrogen (secondary N) is 1. The second kappa shape index (κ2) is 8.92. The number of sulfonamides is 1. The van der Waals surface area contributed by atoms with Crippen molar-refractivity contribution in [2.24, 2.45) is 0 Å². The zero-order valence-corrected chi connectivity index (χ0v) is 21.0. The number of fused-ring (bicyclic) bond motifs is 1. The van der Waals surface area contributed by atoms with Crippen molar-refractivity contribution in [1.82, 2.24) is 9.62 Å². The second-order valence-electron chi connectivity index (χ2n) is 9.23. The molecule has 1 aliphatic heterocycles. The highest BCUT2D eigenvalue weighted by Gasteiger charge is 2.37. The van der Waals surface area contributed by atoms with Crippen LogP contribution in [0.2, 0.25) is 5.02 Å². The molecule has 180 valence electrons. The summed E-state index contributed by atoms with van der Waals surface area (Å²) in [4.78, 5) is 16.4. The first kappa shape index (κ1) is 24.6. The Bertz CT molecular complexity index is 1380. The molecule has 4 rings (SSSR count). The first-order valence-electron chi connectivity index (χ1n) is 10.9. The van der Waals surface area contributed by atoms with Gasteiger partial charge in [0, 0.05) is 17.1 Å². The van der Waals surface area contributed by atoms with Crippen LogP contribution in [0, 0.1) is 5.82 Å². The van der Waals surface area contributed by atoms with E-state index >= 15 is 4.39 Å². The molecule has 1 fully saturated rings. The van der Waals surface area contributed by atoms with Gasteiger partial charge in [0.25, 0.3) is 0 Å². The van der Waals surface area contributed by atoms with Crippen LogP contribution >= 0.6 is 11.6 Å². The number of rotatable bonds is 6. The fourth-order valence-corrected chi connectivity index (χ4v) is 5.45. The zero-order valence-electron chi connectivity index (χ0n) is 19.5. The van der Waals surface area contributed by atoms with Gasteiger partial charge in [0.2, 0.25) is 15.9 Å². The lowest BCUT2D eigenvalue weighted by molar-refractivity contribution is -0.118. The zero-order chi connectivity index (χ0) is 24.8. The predicted molar refractivity (Wildman–Crippen MR) is 133 cm³/mol. The quantitative estimate of drug-likeness (QED) is 0.537. The van der Waals surface area contributed by atoms with E-state index in [4.69, 9.17) is 11.6 Å². The Morgan fingerprint density at radius 3 is 2.41 bits per heavy atom. The van der Waals surface area contributed by atoms with Gasteiger partial charge in [-0.05, 0) is 87.1 Å². The van der Waals surface area contributed by atoms with Gasteiger partial charge >= 0.3 is 0 Å². The van der Waals surface area contributed by atoms with Gasteiger partial charge in [-0.15, -0.1) is 0 Å². The van der Waals surface area contributed by atoms with Crippen LogP contribution in [0.25, 0.3) is 10.8 Å². The summed E-state index contributed by atoms with van der Waals surface area (Å²) in [6, 6.07) is 13.7. The standard InChI is InChI=1S/C25H27ClFN3O3S/c1-25(2,29(3)4)18-7-10-23(21(27)15-18)30-12-11-22(24(30)31)28-34(32,33)20-9-6-16-13-19(26)8-5-17(16)14-20/h5-10,13-15,22,28H,11-12H2,1-4H3. The number of carbonyl (C=O) groups is 1. The van der Waals surface area contributed by atoms with Crippen molar-refractivity contribution in [1.29, 1.82) is 0 Å². The van der Waals surface area contributed by atoms with E-state index in [2.05, 4.69) is 4.72 Å². The molecule has 1 heterocycles. The Balaban J connectivity index is 1.54. The van der Waals surface area contributed by atoms with Crippen LogP contribution in [0.5, 0.6) is 0 Å². The van der Waals surface area contributed by atoms with Crippen LogP contribution in [0.15, 0.2) is 59.5 Å². The molecule has 0 saturated carbocycles. The SMILES string of the molecule is CN(C)C(C)(C)c1ccc(N2CCC(NS(=O)(=O)c3ccc4cc(Cl)ccc4c3)C2=O)c(F)c1. The van der Waals surface area contributed by atoms with Gasteiger partial charge in [-0.2, -0.15) is 4.72 Å². The normalized spacial score (nSPS) is 17.2. The maximum Gasteiger partial charge on any atom is 0.245 e. The molecule has 1 amide bonds. The average molecular weight is 504 g/mol. The maximum atomic E-state index is 15.0. The van der Waals surface area contributed by atoms with Gasteiger partial charge in [0.1, 0.15) is 11.9 Å². The molecular formula is C25H27ClFN3O3S. The summed E-state index contributed by atoms with van der Waals surface area (Å²) in [6.07, 6.45) is 0.242. The molecule has 6 nitrogen and oxygen atoms in total. The van der Waals surface area contributed by atoms with Crippen LogP contribution < -0.4 is 9.62 Å². The summed E-state index contributed by atoms with van der Waals surface area (Å²) in [7, 11) is -0.132. The third-order valence-electron chi connectivity index (χ3n) is 6.65. The van der Waals surface area contributed by atoms with E-state index in [0.29, 0.717) is 5.02 Å². The fraction of sp³-hybridized carbons (Fsp3) is 0.320. The van der Waals surface area contributed by atoms with E-state index in [1.165, 1.54) is 23.1 Å². The first-order chi connectivity index (χ1) is 15.9. The largest absolute Gasteiger partial charge is 0.308 e. The topological polar surface area (TPSA) is 69.7 Å². The lowest BCUT2D eigenvalue weighted by Crippen LogP contribution is -2.41. The van der Waals surface area contributed by atoms with Crippen molar-refractivity contribution >= 4 is 44.0 Å². The minimum absolute atomic E-state index is 0.0509. The number of carbonyl (C=O) groups excluding carboxylic acids is 1. The number of hydrogen-bond donors (Lipinski definition) is 1. The fourth-order valence-electron chi connectivity index (χ4n) is 4.01. The number of amides is 1. The lowest BCUT2D eigenvalue weighted by atomic mass is 9.92. The van der Waals surface area contributed by atoms with Gasteiger partial charge in [-0.25, -0.2) is 12.8 Å². The molecule has 0 spiro atoms. The Hall–Kier alpha value is -2.52. The second-order valence-corrected chi connectivity index (χ2v) is 11.4. The summed E-state index contributed by atoms with van der Waals surface area (Å²) >= 11 is 6.00. The predicted octanol–water partition coefficient (Wildman–Crippen LogP) is 4.51. The van der Waals surface area contributed by atoms with Crippen LogP contribution in [0.4, 0.5) is 10.1 Å². The minimum atomic E-state index is -3.96. The summed E-state index contributed by atoms with van der Waals surface area (Å²) in [5.74, 6) is -0.993. The van der Waals surface area contributed by atoms with Gasteiger partial charge in [0.05, 0.1) is 10.6 Å². The number of halogens is 2. The van der Waals surface area contributed by atoms with Gasteiger partial charge in [-0.1, -0.05) is 29.8 Å². The highest BCUT2D eigenvalue weighted by molar-refractivity contribution is 7.89. The molecule has 0 aliphatic carbocycles. The van der Waals surface area contributed by atoms with E-state index in [1.807, 2.05) is 32.8 Å². The van der Waals surface area contributed by atoms with E-state index in [1.54, 1.807) is 36.4 Å². The molecule has 9 heteroatoms. The average Bonchev–Trinajstić information content (AvgIpc) is 3.12. The van der Waals surface area contributed by atoms with Gasteiger partial charge in [0.15, 0.2) is 0 Å². The third-order valence-corrected chi connectivity index (χ3v) is 8.35. The van der Waals surface area contributed by atoms with Crippen LogP contribution in [-0.4, -0.2) is 45.9 Å². The van der Waals surface area contributed by atoms with Crippen molar-refractivity contribution in [3.63, 3.8) is 0 Å². The molecule has 0 aromatic heterocycles. The van der Waals surface area contributed by atoms with E-state index < -0.39 is 33.3 Å². The maximum absolute atomic E-state index is 15.0. The molecule has 1 atom stereocenters. The Kier molecular flexibility index (Phi) is 6.46. The Morgan fingerprint density at radius 1 is 1.06 bits per heavy atom. The molecule has 1 aliphatic rings. The van der Waals surface area contributed by atoms with Crippen molar-refractivity contribution in [2.75, 3.05) is 25.5 Å². The molecule has 1 N–H and O–H groups in total. The molecule has 0 radical (unpaired) electrons. The number of hydrogen-bond acceptors (Lipinski definition) is 4. The van der Waals surface area contributed by atoms with Crippen molar-refractivity contribution in [3.8, 4) is 0 Å². The first-order valence-corrected chi connectivity index (χ1v) is 12.8. The summed E-state index contributed by atoms with van der Waals surface area (Å²) in [6.45, 7) is 4.18. The van der Waals surface area contributed by atoms with Crippen molar-refractivity contribution in [2.45, 2.75) is 36.7 Å². The Morgan fingerprint density at radius 2 is 1.74 bits per heavy atom. The molecule has 0 bridgehead atoms. The lowest BCUT2D eigenvalue weighted by Gasteiger charge is -2.33. The number of nitrogens with zero attached hydrogens (tertiary/aromatic N) is 2. The molecule has 34 heavy (non-hydrogen) atoms. The van der Waals surface area contributed by atoms with Crippen LogP contribution in [0.1, 0.15) is 25.8 Å². The summed E-state index contributed by atoms with van der Waals surface area (Å²) < 4.78 is 43.5. The van der Waals surface area contributed by atoms with E-state index in [9.17, 15) is 13.2 Å². The van der Waals surface area contributed by atoms with E-state index in [0.717, 1.165) is 16.3 Å². The van der Waals surface area contributed by atoms with Crippen molar-refractivity contribution in [3.05, 3.63) is 71.0 Å². The highest BCUT2D eigenvalue weighted by atomic mass is 35.5. The van der Waals surface area contributed by atoms with Crippen LogP contribution in [-0.2, 0) is 20.4 Å². The monoisotopic (exact) mass is 503 g/mol. The molecular weight excluding hydrogens is 477 g/mol. The molecule has 1 saturated heterocycles. The number of anilines is 1. The van der Waals surface area contributed by atoms with E-state index in [-0.39, 0.29) is 23.5 Å². The summed E-state index contributed by atoms with van der Waals surface area (Å²) in [5.41, 5.74) is 0.533. The summed E-state index contributed by atoms with van der Waals surface area (Å²) in [5, 5.41) is 2.09. The highest BCUT2D eigenvalue weighted by Crippen LogP contribution is 2.32. The van der Waals surface area contributed by atoms with Gasteiger partial charge < -0.3 is 9.80 Å².